The molecule has 0 amide bonds. The molecule has 4 nitrogen and oxygen atoms in total. The molecule has 6 heteroatoms. The molecule has 0 spiro atoms. The summed E-state index contributed by atoms with van der Waals surface area (Å²) in [4.78, 5) is 0. The highest BCUT2D eigenvalue weighted by molar-refractivity contribution is 7.26. The Kier molecular flexibility index (Phi) is 3.65. The molecule has 118 valence electrons. The number of nitriles is 4. The first-order valence-electron chi connectivity index (χ1n) is 7.43. The third kappa shape index (κ3) is 2.02. The van der Waals surface area contributed by atoms with E-state index in [0.717, 1.165) is 30.9 Å². The van der Waals surface area contributed by atoms with Gasteiger partial charge in [-0.1, -0.05) is 18.2 Å². The van der Waals surface area contributed by atoms with Gasteiger partial charge < -0.3 is 0 Å². The van der Waals surface area contributed by atoms with Crippen LogP contribution in [0, 0.1) is 45.3 Å². The Morgan fingerprint density at radius 1 is 0.731 bits per heavy atom. The molecule has 0 aliphatic rings. The van der Waals surface area contributed by atoms with Gasteiger partial charge in [0.1, 0.15) is 35.4 Å². The zero-order valence-electron chi connectivity index (χ0n) is 13.1. The molecule has 0 saturated carbocycles. The Balaban J connectivity index is 2.61. The van der Waals surface area contributed by atoms with E-state index in [0.29, 0.717) is 10.4 Å². The van der Waals surface area contributed by atoms with Crippen molar-refractivity contribution in [2.75, 3.05) is 0 Å². The standard InChI is InChI=1S/C20H6N4S2/c21-5-11(6-22)17-14-9-25-10-15(14)18(12(7-23)8-24)20-19(17)13-3-1-2-4-16(13)26-20/h1-4,9-10H. The quantitative estimate of drug-likeness (QED) is 0.474. The van der Waals surface area contributed by atoms with Gasteiger partial charge in [0.05, 0.1) is 0 Å². The van der Waals surface area contributed by atoms with E-state index in [-0.39, 0.29) is 11.1 Å². The molecule has 2 aromatic heterocycles. The Morgan fingerprint density at radius 2 is 1.31 bits per heavy atom. The van der Waals surface area contributed by atoms with Crippen molar-refractivity contribution in [1.29, 1.82) is 21.0 Å². The van der Waals surface area contributed by atoms with Crippen molar-refractivity contribution in [1.82, 2.24) is 0 Å². The number of nitrogens with zero attached hydrogens (tertiary/aromatic N) is 4. The molecular formula is C20H6N4S2. The van der Waals surface area contributed by atoms with Crippen LogP contribution < -0.4 is 10.4 Å². The van der Waals surface area contributed by atoms with Crippen LogP contribution in [0.2, 0.25) is 0 Å². The fourth-order valence-corrected chi connectivity index (χ4v) is 5.30. The van der Waals surface area contributed by atoms with Crippen LogP contribution >= 0.6 is 22.7 Å². The van der Waals surface area contributed by atoms with Crippen LogP contribution in [0.5, 0.6) is 0 Å². The second-order valence-electron chi connectivity index (χ2n) is 5.45. The summed E-state index contributed by atoms with van der Waals surface area (Å²) in [5.74, 6) is 0. The molecule has 4 rings (SSSR count). The molecule has 0 radical (unpaired) electrons. The summed E-state index contributed by atoms with van der Waals surface area (Å²) in [5, 5.41) is 46.0. The Bertz CT molecular complexity index is 1490. The van der Waals surface area contributed by atoms with Gasteiger partial charge in [-0.2, -0.15) is 32.4 Å². The van der Waals surface area contributed by atoms with Crippen molar-refractivity contribution in [2.45, 2.75) is 0 Å². The molecule has 0 saturated heterocycles. The summed E-state index contributed by atoms with van der Waals surface area (Å²) in [6, 6.07) is 15.7. The van der Waals surface area contributed by atoms with Crippen molar-refractivity contribution < 1.29 is 0 Å². The van der Waals surface area contributed by atoms with E-state index in [9.17, 15) is 21.0 Å². The number of hydrogen-bond donors (Lipinski definition) is 0. The van der Waals surface area contributed by atoms with Crippen molar-refractivity contribution in [3.63, 3.8) is 0 Å². The summed E-state index contributed by atoms with van der Waals surface area (Å²) in [7, 11) is 0. The van der Waals surface area contributed by atoms with Gasteiger partial charge in [-0.3, -0.25) is 0 Å². The van der Waals surface area contributed by atoms with Gasteiger partial charge in [0, 0.05) is 41.4 Å². The fraction of sp³-hybridized carbons (Fsp3) is 0. The third-order valence-electron chi connectivity index (χ3n) is 4.22. The van der Waals surface area contributed by atoms with Gasteiger partial charge in [0.15, 0.2) is 0 Å². The second kappa shape index (κ2) is 5.99. The topological polar surface area (TPSA) is 95.2 Å². The molecule has 0 atom stereocenters. The first-order chi connectivity index (χ1) is 12.7. The van der Waals surface area contributed by atoms with Crippen molar-refractivity contribution in [3.8, 4) is 24.3 Å². The average molecular weight is 366 g/mol. The Morgan fingerprint density at radius 3 is 1.96 bits per heavy atom. The van der Waals surface area contributed by atoms with Gasteiger partial charge in [-0.05, 0) is 16.8 Å². The maximum Gasteiger partial charge on any atom is 0.138 e. The van der Waals surface area contributed by atoms with Gasteiger partial charge in [0.25, 0.3) is 0 Å². The Hall–Kier alpha value is -3.68. The summed E-state index contributed by atoms with van der Waals surface area (Å²) in [6.45, 7) is 0. The molecule has 0 unspecified atom stereocenters. The number of fused-ring (bicyclic) bond motifs is 4. The number of hydrogen-bond acceptors (Lipinski definition) is 6. The van der Waals surface area contributed by atoms with E-state index in [2.05, 4.69) is 0 Å². The molecule has 4 aromatic rings. The molecular weight excluding hydrogens is 360 g/mol. The highest BCUT2D eigenvalue weighted by Gasteiger charge is 2.17. The van der Waals surface area contributed by atoms with Gasteiger partial charge >= 0.3 is 0 Å². The summed E-state index contributed by atoms with van der Waals surface area (Å²) in [6.07, 6.45) is 0. The van der Waals surface area contributed by atoms with Crippen LogP contribution in [0.1, 0.15) is 0 Å². The Labute approximate surface area is 155 Å². The minimum absolute atomic E-state index is 0.0315. The highest BCUT2D eigenvalue weighted by Crippen LogP contribution is 2.32. The lowest BCUT2D eigenvalue weighted by Gasteiger charge is -2.01. The van der Waals surface area contributed by atoms with E-state index in [4.69, 9.17) is 0 Å². The van der Waals surface area contributed by atoms with Gasteiger partial charge in [-0.15, -0.1) is 11.3 Å². The van der Waals surface area contributed by atoms with E-state index in [1.165, 1.54) is 22.7 Å². The van der Waals surface area contributed by atoms with Crippen LogP contribution in [-0.4, -0.2) is 0 Å². The second-order valence-corrected chi connectivity index (χ2v) is 7.24. The van der Waals surface area contributed by atoms with Crippen LogP contribution in [0.3, 0.4) is 0 Å². The smallest absolute Gasteiger partial charge is 0.138 e. The van der Waals surface area contributed by atoms with Crippen molar-refractivity contribution in [2.24, 2.45) is 0 Å². The van der Waals surface area contributed by atoms with E-state index in [1.807, 2.05) is 59.3 Å². The summed E-state index contributed by atoms with van der Waals surface area (Å²) in [5.41, 5.74) is 0.0657. The molecule has 2 aromatic carbocycles. The molecule has 2 heterocycles. The van der Waals surface area contributed by atoms with Gasteiger partial charge in [0.2, 0.25) is 0 Å². The zero-order valence-corrected chi connectivity index (χ0v) is 14.7. The van der Waals surface area contributed by atoms with Crippen LogP contribution in [-0.2, 0) is 0 Å². The van der Waals surface area contributed by atoms with E-state index in [1.54, 1.807) is 0 Å². The average Bonchev–Trinajstić information content (AvgIpc) is 3.29. The number of thiophene rings is 2. The van der Waals surface area contributed by atoms with Gasteiger partial charge in [-0.25, -0.2) is 0 Å². The highest BCUT2D eigenvalue weighted by atomic mass is 32.1. The summed E-state index contributed by atoms with van der Waals surface area (Å²) >= 11 is 2.89. The summed E-state index contributed by atoms with van der Waals surface area (Å²) < 4.78 is 1.74. The van der Waals surface area contributed by atoms with Crippen molar-refractivity contribution >= 4 is 64.8 Å². The predicted molar refractivity (Wildman–Crippen MR) is 103 cm³/mol. The van der Waals surface area contributed by atoms with E-state index >= 15 is 0 Å². The number of rotatable bonds is 0. The van der Waals surface area contributed by atoms with Crippen LogP contribution in [0.15, 0.2) is 35.0 Å². The van der Waals surface area contributed by atoms with Crippen molar-refractivity contribution in [3.05, 3.63) is 45.5 Å². The first kappa shape index (κ1) is 15.8. The SMILES string of the molecule is N#CC(C#N)=c1c2cscc2c(=C(C#N)C#N)c2c1sc1ccccc12. The van der Waals surface area contributed by atoms with Crippen LogP contribution in [0.4, 0.5) is 0 Å². The largest absolute Gasteiger partial charge is 0.192 e. The maximum atomic E-state index is 9.50. The fourth-order valence-electron chi connectivity index (χ4n) is 3.19. The minimum atomic E-state index is 0.0315. The molecule has 0 bridgehead atoms. The van der Waals surface area contributed by atoms with Crippen LogP contribution in [0.25, 0.3) is 42.1 Å². The molecule has 0 N–H and O–H groups in total. The predicted octanol–water partition coefficient (Wildman–Crippen LogP) is 3.66. The zero-order chi connectivity index (χ0) is 18.3. The third-order valence-corrected chi connectivity index (χ3v) is 6.15. The normalized spacial score (nSPS) is 10.2. The maximum absolute atomic E-state index is 9.50. The number of benzene rings is 2. The molecule has 0 aliphatic heterocycles. The molecule has 0 aliphatic carbocycles. The molecule has 26 heavy (non-hydrogen) atoms. The molecule has 0 fully saturated rings. The first-order valence-corrected chi connectivity index (χ1v) is 9.19. The lowest BCUT2D eigenvalue weighted by molar-refractivity contribution is 1.50. The minimum Gasteiger partial charge on any atom is -0.192 e. The lowest BCUT2D eigenvalue weighted by atomic mass is 9.99. The lowest BCUT2D eigenvalue weighted by Crippen LogP contribution is -2.16. The monoisotopic (exact) mass is 366 g/mol. The van der Waals surface area contributed by atoms with E-state index < -0.39 is 0 Å².